The quantitative estimate of drug-likeness (QED) is 0.898. The molecule has 1 unspecified atom stereocenters. The fourth-order valence-corrected chi connectivity index (χ4v) is 4.08. The van der Waals surface area contributed by atoms with Crippen LogP contribution < -0.4 is 5.32 Å². The molecule has 1 atom stereocenters. The summed E-state index contributed by atoms with van der Waals surface area (Å²) in [4.78, 5) is 4.05. The lowest BCUT2D eigenvalue weighted by atomic mass is 10.0. The molecule has 0 amide bonds. The number of hydrogen-bond acceptors (Lipinski definition) is 3. The summed E-state index contributed by atoms with van der Waals surface area (Å²) in [6, 6.07) is 9.44. The molecule has 1 aromatic rings. The zero-order valence-electron chi connectivity index (χ0n) is 10.9. The Labute approximate surface area is 114 Å². The van der Waals surface area contributed by atoms with Gasteiger partial charge in [-0.05, 0) is 49.7 Å². The minimum absolute atomic E-state index is 0.574. The first-order chi connectivity index (χ1) is 8.93. The van der Waals surface area contributed by atoms with Gasteiger partial charge in [0, 0.05) is 24.0 Å². The first-order valence-corrected chi connectivity index (χ1v) is 8.09. The third-order valence-corrected chi connectivity index (χ3v) is 5.10. The monoisotopic (exact) mass is 262 g/mol. The molecule has 2 aliphatic heterocycles. The molecule has 0 saturated carbocycles. The average molecular weight is 262 g/mol. The molecule has 2 nitrogen and oxygen atoms in total. The molecule has 1 saturated heterocycles. The van der Waals surface area contributed by atoms with Gasteiger partial charge in [-0.25, -0.2) is 0 Å². The Bertz CT molecular complexity index is 388. The highest BCUT2D eigenvalue weighted by molar-refractivity contribution is 7.99. The Morgan fingerprint density at radius 2 is 2.06 bits per heavy atom. The first-order valence-electron chi connectivity index (χ1n) is 7.11. The standard InChI is InChI=1S/C15H22N2S/c1-2-6-15-13(5-1)14(7-12-18-15)16-8-11-17-9-3-4-10-17/h1-2,5-6,14,16H,3-4,7-12H2. The van der Waals surface area contributed by atoms with Gasteiger partial charge in [0.2, 0.25) is 0 Å². The molecule has 0 radical (unpaired) electrons. The highest BCUT2D eigenvalue weighted by Gasteiger charge is 2.20. The van der Waals surface area contributed by atoms with Crippen LogP contribution in [0.5, 0.6) is 0 Å². The number of thioether (sulfide) groups is 1. The first kappa shape index (κ1) is 12.5. The van der Waals surface area contributed by atoms with E-state index < -0.39 is 0 Å². The Morgan fingerprint density at radius 3 is 2.94 bits per heavy atom. The van der Waals surface area contributed by atoms with E-state index in [2.05, 4.69) is 34.5 Å². The topological polar surface area (TPSA) is 15.3 Å². The molecule has 0 spiro atoms. The van der Waals surface area contributed by atoms with Crippen LogP contribution in [0.1, 0.15) is 30.9 Å². The molecular formula is C15H22N2S. The molecule has 1 fully saturated rings. The minimum atomic E-state index is 0.574. The summed E-state index contributed by atoms with van der Waals surface area (Å²) in [6.45, 7) is 4.95. The second-order valence-corrected chi connectivity index (χ2v) is 6.37. The SMILES string of the molecule is c1ccc2c(c1)SCCC2NCCN1CCCC1. The van der Waals surface area contributed by atoms with E-state index in [-0.39, 0.29) is 0 Å². The molecule has 2 heterocycles. The lowest BCUT2D eigenvalue weighted by molar-refractivity contribution is 0.326. The van der Waals surface area contributed by atoms with Crippen molar-refractivity contribution in [2.75, 3.05) is 31.9 Å². The minimum Gasteiger partial charge on any atom is -0.309 e. The van der Waals surface area contributed by atoms with E-state index in [0.29, 0.717) is 6.04 Å². The number of fused-ring (bicyclic) bond motifs is 1. The Balaban J connectivity index is 1.54. The maximum atomic E-state index is 3.75. The van der Waals surface area contributed by atoms with Crippen LogP contribution in [0.4, 0.5) is 0 Å². The van der Waals surface area contributed by atoms with E-state index in [1.165, 1.54) is 55.1 Å². The van der Waals surface area contributed by atoms with Gasteiger partial charge in [0.05, 0.1) is 0 Å². The van der Waals surface area contributed by atoms with Gasteiger partial charge in [0.25, 0.3) is 0 Å². The van der Waals surface area contributed by atoms with Crippen LogP contribution in [0.15, 0.2) is 29.2 Å². The predicted octanol–water partition coefficient (Wildman–Crippen LogP) is 2.91. The smallest absolute Gasteiger partial charge is 0.0339 e. The Morgan fingerprint density at radius 1 is 1.22 bits per heavy atom. The summed E-state index contributed by atoms with van der Waals surface area (Å²) in [7, 11) is 0. The lowest BCUT2D eigenvalue weighted by Crippen LogP contribution is -2.33. The van der Waals surface area contributed by atoms with Gasteiger partial charge >= 0.3 is 0 Å². The molecule has 3 heteroatoms. The van der Waals surface area contributed by atoms with Gasteiger partial charge in [-0.1, -0.05) is 18.2 Å². The fraction of sp³-hybridized carbons (Fsp3) is 0.600. The summed E-state index contributed by atoms with van der Waals surface area (Å²) in [5.74, 6) is 1.25. The third kappa shape index (κ3) is 2.90. The molecule has 1 aromatic carbocycles. The molecule has 1 N–H and O–H groups in total. The van der Waals surface area contributed by atoms with E-state index in [1.54, 1.807) is 0 Å². The predicted molar refractivity (Wildman–Crippen MR) is 78.2 cm³/mol. The zero-order valence-corrected chi connectivity index (χ0v) is 11.7. The van der Waals surface area contributed by atoms with E-state index in [9.17, 15) is 0 Å². The van der Waals surface area contributed by atoms with Crippen molar-refractivity contribution in [2.24, 2.45) is 0 Å². The Kier molecular flexibility index (Phi) is 4.24. The molecule has 0 aliphatic carbocycles. The van der Waals surface area contributed by atoms with E-state index in [0.717, 1.165) is 6.54 Å². The molecule has 3 rings (SSSR count). The van der Waals surface area contributed by atoms with Gasteiger partial charge < -0.3 is 10.2 Å². The number of likely N-dealkylation sites (tertiary alicyclic amines) is 1. The van der Waals surface area contributed by atoms with E-state index in [1.807, 2.05) is 11.8 Å². The van der Waals surface area contributed by atoms with Crippen molar-refractivity contribution in [3.05, 3.63) is 29.8 Å². The van der Waals surface area contributed by atoms with Crippen LogP contribution in [0, 0.1) is 0 Å². The van der Waals surface area contributed by atoms with Crippen molar-refractivity contribution in [1.29, 1.82) is 0 Å². The van der Waals surface area contributed by atoms with Crippen molar-refractivity contribution in [1.82, 2.24) is 10.2 Å². The molecular weight excluding hydrogens is 240 g/mol. The van der Waals surface area contributed by atoms with Crippen LogP contribution in [0.3, 0.4) is 0 Å². The maximum absolute atomic E-state index is 3.75. The number of nitrogens with one attached hydrogen (secondary N) is 1. The van der Waals surface area contributed by atoms with Crippen LogP contribution in [-0.4, -0.2) is 36.8 Å². The van der Waals surface area contributed by atoms with E-state index in [4.69, 9.17) is 0 Å². The van der Waals surface area contributed by atoms with Crippen molar-refractivity contribution in [3.63, 3.8) is 0 Å². The van der Waals surface area contributed by atoms with Crippen molar-refractivity contribution in [3.8, 4) is 0 Å². The van der Waals surface area contributed by atoms with E-state index >= 15 is 0 Å². The van der Waals surface area contributed by atoms with Crippen LogP contribution in [0.2, 0.25) is 0 Å². The number of rotatable bonds is 4. The summed E-state index contributed by atoms with van der Waals surface area (Å²) >= 11 is 2.00. The van der Waals surface area contributed by atoms with Crippen molar-refractivity contribution in [2.45, 2.75) is 30.2 Å². The van der Waals surface area contributed by atoms with Crippen molar-refractivity contribution >= 4 is 11.8 Å². The lowest BCUT2D eigenvalue weighted by Gasteiger charge is -2.27. The van der Waals surface area contributed by atoms with Gasteiger partial charge in [-0.2, -0.15) is 0 Å². The van der Waals surface area contributed by atoms with Gasteiger partial charge in [0.15, 0.2) is 0 Å². The third-order valence-electron chi connectivity index (χ3n) is 3.98. The summed E-state index contributed by atoms with van der Waals surface area (Å²) < 4.78 is 0. The molecule has 0 bridgehead atoms. The summed E-state index contributed by atoms with van der Waals surface area (Å²) in [6.07, 6.45) is 4.05. The second kappa shape index (κ2) is 6.09. The zero-order chi connectivity index (χ0) is 12.2. The number of nitrogens with zero attached hydrogens (tertiary/aromatic N) is 1. The van der Waals surface area contributed by atoms with Crippen LogP contribution in [0.25, 0.3) is 0 Å². The summed E-state index contributed by atoms with van der Waals surface area (Å²) in [5, 5.41) is 3.75. The fourth-order valence-electron chi connectivity index (χ4n) is 2.96. The van der Waals surface area contributed by atoms with Crippen LogP contribution in [-0.2, 0) is 0 Å². The molecule has 98 valence electrons. The van der Waals surface area contributed by atoms with Gasteiger partial charge in [-0.3, -0.25) is 0 Å². The summed E-state index contributed by atoms with van der Waals surface area (Å²) in [5.41, 5.74) is 1.51. The maximum Gasteiger partial charge on any atom is 0.0339 e. The van der Waals surface area contributed by atoms with Crippen molar-refractivity contribution < 1.29 is 0 Å². The second-order valence-electron chi connectivity index (χ2n) is 5.23. The molecule has 2 aliphatic rings. The largest absolute Gasteiger partial charge is 0.309 e. The van der Waals surface area contributed by atoms with Crippen LogP contribution >= 0.6 is 11.8 Å². The highest BCUT2D eigenvalue weighted by Crippen LogP contribution is 2.35. The number of hydrogen-bond donors (Lipinski definition) is 1. The van der Waals surface area contributed by atoms with Gasteiger partial charge in [-0.15, -0.1) is 11.8 Å². The highest BCUT2D eigenvalue weighted by atomic mass is 32.2. The normalized spacial score (nSPS) is 24.1. The molecule has 18 heavy (non-hydrogen) atoms. The van der Waals surface area contributed by atoms with Gasteiger partial charge in [0.1, 0.15) is 0 Å². The Hall–Kier alpha value is -0.510. The average Bonchev–Trinajstić information content (AvgIpc) is 2.92. The molecule has 0 aromatic heterocycles. The number of benzene rings is 1.